The molecular weight excluding hydrogens is 546 g/mol. The fraction of sp³-hybridized carbons (Fsp3) is 0.633. The highest BCUT2D eigenvalue weighted by atomic mass is 35.5. The van der Waals surface area contributed by atoms with Crippen LogP contribution in [0, 0.1) is 16.7 Å². The van der Waals surface area contributed by atoms with Crippen molar-refractivity contribution in [2.45, 2.75) is 77.3 Å². The average molecular weight is 588 g/mol. The Labute approximate surface area is 246 Å². The van der Waals surface area contributed by atoms with E-state index in [1.54, 1.807) is 32.3 Å². The summed E-state index contributed by atoms with van der Waals surface area (Å²) >= 11 is 6.75. The van der Waals surface area contributed by atoms with Gasteiger partial charge in [-0.25, -0.2) is 5.84 Å². The number of likely N-dealkylation sites (tertiary alicyclic amines) is 1. The van der Waals surface area contributed by atoms with Gasteiger partial charge in [-0.15, -0.1) is 0 Å². The summed E-state index contributed by atoms with van der Waals surface area (Å²) in [6.07, 6.45) is 7.20. The second-order valence-corrected chi connectivity index (χ2v) is 13.2. The van der Waals surface area contributed by atoms with Gasteiger partial charge in [0.2, 0.25) is 11.8 Å². The van der Waals surface area contributed by atoms with Gasteiger partial charge in [-0.05, 0) is 69.1 Å². The van der Waals surface area contributed by atoms with E-state index in [1.807, 2.05) is 16.7 Å². The van der Waals surface area contributed by atoms with Crippen LogP contribution in [0.1, 0.15) is 76.0 Å². The number of carboxylic acids is 1. The molecular formula is C30H42ClN5O5. The number of carbonyl (C=O) groups excluding carboxylic acids is 2. The van der Waals surface area contributed by atoms with Crippen molar-refractivity contribution < 1.29 is 24.2 Å². The third kappa shape index (κ3) is 5.48. The lowest BCUT2D eigenvalue weighted by Crippen LogP contribution is -2.55. The van der Waals surface area contributed by atoms with Crippen LogP contribution in [0.25, 0.3) is 0 Å². The quantitative estimate of drug-likeness (QED) is 0.310. The highest BCUT2D eigenvalue weighted by Gasteiger charge is 2.55. The Hall–Kier alpha value is -2.98. The summed E-state index contributed by atoms with van der Waals surface area (Å²) in [6.45, 7) is 4.79. The highest BCUT2D eigenvalue weighted by molar-refractivity contribution is 6.31. The first-order valence-electron chi connectivity index (χ1n) is 14.6. The molecule has 4 atom stereocenters. The molecule has 1 aromatic rings. The van der Waals surface area contributed by atoms with Crippen molar-refractivity contribution in [2.75, 3.05) is 26.7 Å². The summed E-state index contributed by atoms with van der Waals surface area (Å²) < 4.78 is 6.23. The van der Waals surface area contributed by atoms with E-state index in [4.69, 9.17) is 27.9 Å². The SMILES string of the molecule is C[C@H]([C@@H]1c2c(OC/C(N)=C/N(C)N)ccc(Cl)c2CCN1C(=O)[C@@H]1CCCC[C@]1(C)C(=O)O)N1CC2(CC2)CC1=O. The van der Waals surface area contributed by atoms with Crippen molar-refractivity contribution in [1.82, 2.24) is 14.8 Å². The van der Waals surface area contributed by atoms with Crippen LogP contribution in [-0.4, -0.2) is 70.5 Å². The largest absolute Gasteiger partial charge is 0.487 e. The van der Waals surface area contributed by atoms with Gasteiger partial charge in [-0.2, -0.15) is 0 Å². The number of nitrogens with zero attached hydrogens (tertiary/aromatic N) is 3. The molecule has 2 saturated carbocycles. The molecule has 2 aliphatic heterocycles. The van der Waals surface area contributed by atoms with Crippen molar-refractivity contribution in [3.05, 3.63) is 40.2 Å². The van der Waals surface area contributed by atoms with Gasteiger partial charge in [0, 0.05) is 43.3 Å². The molecule has 224 valence electrons. The topological polar surface area (TPSA) is 142 Å². The molecule has 41 heavy (non-hydrogen) atoms. The number of hydrogen-bond acceptors (Lipinski definition) is 7. The number of fused-ring (bicyclic) bond motifs is 1. The monoisotopic (exact) mass is 587 g/mol. The van der Waals surface area contributed by atoms with Crippen molar-refractivity contribution in [3.63, 3.8) is 0 Å². The molecule has 0 aromatic heterocycles. The van der Waals surface area contributed by atoms with Crippen LogP contribution >= 0.6 is 11.6 Å². The van der Waals surface area contributed by atoms with Gasteiger partial charge in [-0.1, -0.05) is 24.4 Å². The normalized spacial score (nSPS) is 27.9. The molecule has 0 bridgehead atoms. The molecule has 2 heterocycles. The van der Waals surface area contributed by atoms with E-state index in [1.165, 1.54) is 5.01 Å². The first kappa shape index (κ1) is 29.5. The molecule has 10 nitrogen and oxygen atoms in total. The first-order valence-corrected chi connectivity index (χ1v) is 15.0. The number of hydrazine groups is 1. The number of halogens is 1. The van der Waals surface area contributed by atoms with E-state index in [2.05, 4.69) is 0 Å². The fourth-order valence-electron chi connectivity index (χ4n) is 7.22. The van der Waals surface area contributed by atoms with Crippen LogP contribution in [-0.2, 0) is 20.8 Å². The zero-order chi connectivity index (χ0) is 29.7. The molecule has 11 heteroatoms. The minimum atomic E-state index is -1.15. The minimum Gasteiger partial charge on any atom is -0.487 e. The molecule has 5 rings (SSSR count). The summed E-state index contributed by atoms with van der Waals surface area (Å²) in [5.41, 5.74) is 7.07. The maximum absolute atomic E-state index is 14.5. The summed E-state index contributed by atoms with van der Waals surface area (Å²) in [4.78, 5) is 43.9. The number of hydrogen-bond donors (Lipinski definition) is 3. The van der Waals surface area contributed by atoms with Crippen LogP contribution < -0.4 is 16.3 Å². The van der Waals surface area contributed by atoms with E-state index >= 15 is 0 Å². The predicted octanol–water partition coefficient (Wildman–Crippen LogP) is 3.43. The van der Waals surface area contributed by atoms with Crippen molar-refractivity contribution >= 4 is 29.4 Å². The molecule has 0 radical (unpaired) electrons. The number of ether oxygens (including phenoxy) is 1. The minimum absolute atomic E-state index is 0.0457. The van der Waals surface area contributed by atoms with Crippen molar-refractivity contribution in [2.24, 2.45) is 28.3 Å². The van der Waals surface area contributed by atoms with Crippen LogP contribution in [0.5, 0.6) is 5.75 Å². The van der Waals surface area contributed by atoms with E-state index in [0.717, 1.165) is 36.8 Å². The molecule has 2 amide bonds. The number of aliphatic carboxylic acids is 1. The van der Waals surface area contributed by atoms with Gasteiger partial charge in [0.25, 0.3) is 0 Å². The van der Waals surface area contributed by atoms with Gasteiger partial charge >= 0.3 is 5.97 Å². The number of benzene rings is 1. The molecule has 0 unspecified atom stereocenters. The number of nitrogens with two attached hydrogens (primary N) is 2. The lowest BCUT2D eigenvalue weighted by atomic mass is 9.66. The molecule has 2 aliphatic carbocycles. The molecule has 5 N–H and O–H groups in total. The molecule has 1 spiro atoms. The van der Waals surface area contributed by atoms with Crippen LogP contribution in [0.15, 0.2) is 24.0 Å². The summed E-state index contributed by atoms with van der Waals surface area (Å²) in [6, 6.07) is 2.64. The van der Waals surface area contributed by atoms with Gasteiger partial charge in [0.1, 0.15) is 12.4 Å². The Balaban J connectivity index is 1.57. The smallest absolute Gasteiger partial charge is 0.310 e. The third-order valence-electron chi connectivity index (χ3n) is 9.79. The van der Waals surface area contributed by atoms with Gasteiger partial charge in [0.05, 0.1) is 29.1 Å². The molecule has 1 aromatic carbocycles. The number of carbonyl (C=O) groups is 3. The summed E-state index contributed by atoms with van der Waals surface area (Å²) in [5, 5.41) is 12.1. The fourth-order valence-corrected chi connectivity index (χ4v) is 7.48. The summed E-state index contributed by atoms with van der Waals surface area (Å²) in [5.74, 6) is 4.55. The standard InChI is InChI=1S/C30H42ClN5O5/c1-18(36-17-30(11-12-30)14-24(36)37)26-25-20(22(31)7-8-23(25)41-16-19(32)15-34(3)33)9-13-35(26)27(38)21-6-4-5-10-29(21,2)28(39)40/h7-8,15,18,21,26H,4-6,9-14,16-17,32-33H2,1-3H3,(H,39,40)/b19-15-/t18-,21+,26-,29+/m1/s1. The van der Waals surface area contributed by atoms with Crippen molar-refractivity contribution in [3.8, 4) is 5.75 Å². The van der Waals surface area contributed by atoms with E-state index in [-0.39, 0.29) is 29.9 Å². The third-order valence-corrected chi connectivity index (χ3v) is 10.1. The number of carboxylic acid groups (broad SMARTS) is 1. The Bertz CT molecular complexity index is 1260. The lowest BCUT2D eigenvalue weighted by Gasteiger charge is -2.47. The van der Waals surface area contributed by atoms with E-state index in [9.17, 15) is 19.5 Å². The van der Waals surface area contributed by atoms with Gasteiger partial charge in [0.15, 0.2) is 0 Å². The Morgan fingerprint density at radius 2 is 2.02 bits per heavy atom. The van der Waals surface area contributed by atoms with E-state index in [0.29, 0.717) is 55.2 Å². The number of rotatable bonds is 8. The first-order chi connectivity index (χ1) is 19.4. The second kappa shape index (κ2) is 11.0. The Morgan fingerprint density at radius 3 is 2.66 bits per heavy atom. The zero-order valence-electron chi connectivity index (χ0n) is 24.2. The molecule has 4 aliphatic rings. The Morgan fingerprint density at radius 1 is 1.29 bits per heavy atom. The highest BCUT2D eigenvalue weighted by Crippen LogP contribution is 2.55. The van der Waals surface area contributed by atoms with Gasteiger partial charge < -0.3 is 30.4 Å². The van der Waals surface area contributed by atoms with E-state index < -0.39 is 23.3 Å². The maximum atomic E-state index is 14.5. The maximum Gasteiger partial charge on any atom is 0.310 e. The Kier molecular flexibility index (Phi) is 7.93. The van der Waals surface area contributed by atoms with Crippen molar-refractivity contribution in [1.29, 1.82) is 0 Å². The van der Waals surface area contributed by atoms with Gasteiger partial charge in [-0.3, -0.25) is 14.4 Å². The van der Waals surface area contributed by atoms with Crippen LogP contribution in [0.2, 0.25) is 5.02 Å². The average Bonchev–Trinajstić information content (AvgIpc) is 3.59. The summed E-state index contributed by atoms with van der Waals surface area (Å²) in [7, 11) is 1.66. The van der Waals surface area contributed by atoms with Crippen LogP contribution in [0.3, 0.4) is 0 Å². The molecule has 3 fully saturated rings. The number of amides is 2. The zero-order valence-corrected chi connectivity index (χ0v) is 25.0. The predicted molar refractivity (Wildman–Crippen MR) is 154 cm³/mol. The van der Waals surface area contributed by atoms with Crippen LogP contribution in [0.4, 0.5) is 0 Å². The lowest BCUT2D eigenvalue weighted by molar-refractivity contribution is -0.163. The molecule has 1 saturated heterocycles. The second-order valence-electron chi connectivity index (χ2n) is 12.8.